The summed E-state index contributed by atoms with van der Waals surface area (Å²) in [6, 6.07) is 87.7. The van der Waals surface area contributed by atoms with Gasteiger partial charge in [0.05, 0.1) is 16.7 Å². The molecule has 0 amide bonds. The zero-order valence-corrected chi connectivity index (χ0v) is 33.0. The van der Waals surface area contributed by atoms with Crippen molar-refractivity contribution in [2.45, 2.75) is 0 Å². The first-order chi connectivity index (χ1) is 29.8. The third-order valence-corrected chi connectivity index (χ3v) is 11.8. The summed E-state index contributed by atoms with van der Waals surface area (Å²) in [5.74, 6) is 0. The number of hydrogen-bond donors (Lipinski definition) is 0. The summed E-state index contributed by atoms with van der Waals surface area (Å²) in [6.45, 7) is 0. The molecule has 0 bridgehead atoms. The highest BCUT2D eigenvalue weighted by Crippen LogP contribution is 2.40. The number of hydrogen-bond acceptors (Lipinski definition) is 1. The number of anilines is 3. The molecule has 60 heavy (non-hydrogen) atoms. The zero-order valence-electron chi connectivity index (χ0n) is 33.0. The van der Waals surface area contributed by atoms with Crippen LogP contribution in [0.5, 0.6) is 0 Å². The summed E-state index contributed by atoms with van der Waals surface area (Å²) >= 11 is 0. The van der Waals surface area contributed by atoms with Gasteiger partial charge in [-0.15, -0.1) is 0 Å². The van der Waals surface area contributed by atoms with Crippen molar-refractivity contribution in [2.24, 2.45) is 0 Å². The standard InChI is InChI=1S/C58H40N2/c1-2-13-41(14-3-1)43-29-35-48(36-30-43)59(49-37-31-44(32-38-49)42-25-27-46(28-26-42)52-21-12-16-45-15-4-5-17-51(45)52)50-39-33-47(34-40-50)53-18-6-9-22-56(53)60-57-23-10-7-19-54(57)55-20-8-11-24-58(55)60/h1-40H. The van der Waals surface area contributed by atoms with E-state index in [9.17, 15) is 0 Å². The Bertz CT molecular complexity index is 3210. The van der Waals surface area contributed by atoms with E-state index >= 15 is 0 Å². The molecular weight excluding hydrogens is 725 g/mol. The molecule has 0 fully saturated rings. The van der Waals surface area contributed by atoms with Gasteiger partial charge in [-0.1, -0.05) is 188 Å². The molecule has 0 spiro atoms. The lowest BCUT2D eigenvalue weighted by Crippen LogP contribution is -2.09. The van der Waals surface area contributed by atoms with Crippen LogP contribution >= 0.6 is 0 Å². The Kier molecular flexibility index (Phi) is 8.87. The van der Waals surface area contributed by atoms with Gasteiger partial charge in [-0.2, -0.15) is 0 Å². The van der Waals surface area contributed by atoms with Crippen LogP contribution in [0.4, 0.5) is 17.1 Å². The van der Waals surface area contributed by atoms with E-state index in [-0.39, 0.29) is 0 Å². The number of benzene rings is 10. The van der Waals surface area contributed by atoms with Crippen LogP contribution in [-0.2, 0) is 0 Å². The molecule has 282 valence electrons. The average Bonchev–Trinajstić information content (AvgIpc) is 3.67. The lowest BCUT2D eigenvalue weighted by molar-refractivity contribution is 1.18. The molecule has 0 aliphatic heterocycles. The van der Waals surface area contributed by atoms with Gasteiger partial charge in [0.15, 0.2) is 0 Å². The van der Waals surface area contributed by atoms with Crippen LogP contribution in [0.25, 0.3) is 82.8 Å². The first-order valence-electron chi connectivity index (χ1n) is 20.6. The van der Waals surface area contributed by atoms with E-state index in [4.69, 9.17) is 0 Å². The Morgan fingerprint density at radius 3 is 1.23 bits per heavy atom. The van der Waals surface area contributed by atoms with E-state index in [2.05, 4.69) is 252 Å². The summed E-state index contributed by atoms with van der Waals surface area (Å²) in [6.07, 6.45) is 0. The molecule has 11 rings (SSSR count). The fourth-order valence-corrected chi connectivity index (χ4v) is 8.89. The largest absolute Gasteiger partial charge is 0.311 e. The van der Waals surface area contributed by atoms with E-state index in [1.165, 1.54) is 71.5 Å². The van der Waals surface area contributed by atoms with E-state index in [1.807, 2.05) is 0 Å². The highest BCUT2D eigenvalue weighted by Gasteiger charge is 2.17. The first kappa shape index (κ1) is 35.2. The maximum atomic E-state index is 2.41. The fourth-order valence-electron chi connectivity index (χ4n) is 8.89. The van der Waals surface area contributed by atoms with E-state index < -0.39 is 0 Å². The van der Waals surface area contributed by atoms with Crippen LogP contribution in [0, 0.1) is 0 Å². The Labute approximate surface area is 350 Å². The van der Waals surface area contributed by atoms with Gasteiger partial charge >= 0.3 is 0 Å². The zero-order chi connectivity index (χ0) is 39.8. The molecule has 2 heteroatoms. The maximum Gasteiger partial charge on any atom is 0.0541 e. The number of rotatable bonds is 8. The Hall–Kier alpha value is -7.94. The van der Waals surface area contributed by atoms with E-state index in [0.717, 1.165) is 28.3 Å². The monoisotopic (exact) mass is 764 g/mol. The minimum Gasteiger partial charge on any atom is -0.311 e. The molecule has 0 saturated heterocycles. The minimum absolute atomic E-state index is 1.09. The second kappa shape index (κ2) is 15.1. The second-order valence-electron chi connectivity index (χ2n) is 15.3. The van der Waals surface area contributed by atoms with Gasteiger partial charge in [-0.05, 0) is 104 Å². The highest BCUT2D eigenvalue weighted by molar-refractivity contribution is 6.09. The van der Waals surface area contributed by atoms with Gasteiger partial charge in [0.25, 0.3) is 0 Å². The summed E-state index contributed by atoms with van der Waals surface area (Å²) < 4.78 is 2.41. The van der Waals surface area contributed by atoms with E-state index in [1.54, 1.807) is 0 Å². The molecule has 1 heterocycles. The Morgan fingerprint density at radius 2 is 0.633 bits per heavy atom. The maximum absolute atomic E-state index is 2.41. The molecule has 0 radical (unpaired) electrons. The summed E-state index contributed by atoms with van der Waals surface area (Å²) in [5.41, 5.74) is 16.5. The van der Waals surface area contributed by atoms with Crippen molar-refractivity contribution in [2.75, 3.05) is 4.90 Å². The SMILES string of the molecule is c1ccc(-c2ccc(N(c3ccc(-c4ccc(-c5cccc6ccccc56)cc4)cc3)c3ccc(-c4ccccc4-n4c5ccccc5c5ccccc54)cc3)cc2)cc1. The van der Waals surface area contributed by atoms with Crippen LogP contribution in [-0.4, -0.2) is 4.57 Å². The van der Waals surface area contributed by atoms with Crippen molar-refractivity contribution in [1.29, 1.82) is 0 Å². The Morgan fingerprint density at radius 1 is 0.250 bits per heavy atom. The molecular formula is C58H40N2. The summed E-state index contributed by atoms with van der Waals surface area (Å²) in [5, 5.41) is 5.05. The number of aromatic nitrogens is 1. The lowest BCUT2D eigenvalue weighted by atomic mass is 9.96. The predicted octanol–water partition coefficient (Wildman–Crippen LogP) is 16.1. The molecule has 2 nitrogen and oxygen atoms in total. The number of nitrogens with zero attached hydrogens (tertiary/aromatic N) is 2. The van der Waals surface area contributed by atoms with Gasteiger partial charge < -0.3 is 9.47 Å². The molecule has 11 aromatic rings. The van der Waals surface area contributed by atoms with Crippen LogP contribution in [0.2, 0.25) is 0 Å². The first-order valence-corrected chi connectivity index (χ1v) is 20.6. The number of fused-ring (bicyclic) bond motifs is 4. The van der Waals surface area contributed by atoms with Crippen molar-refractivity contribution in [1.82, 2.24) is 4.57 Å². The molecule has 0 atom stereocenters. The van der Waals surface area contributed by atoms with Crippen molar-refractivity contribution < 1.29 is 0 Å². The molecule has 0 unspecified atom stereocenters. The number of para-hydroxylation sites is 3. The van der Waals surface area contributed by atoms with Gasteiger partial charge in [-0.3, -0.25) is 0 Å². The van der Waals surface area contributed by atoms with Gasteiger partial charge in [0.1, 0.15) is 0 Å². The van der Waals surface area contributed by atoms with Crippen LogP contribution in [0.1, 0.15) is 0 Å². The third-order valence-electron chi connectivity index (χ3n) is 11.8. The van der Waals surface area contributed by atoms with Crippen LogP contribution < -0.4 is 4.90 Å². The minimum atomic E-state index is 1.09. The van der Waals surface area contributed by atoms with Gasteiger partial charge in [-0.25, -0.2) is 0 Å². The van der Waals surface area contributed by atoms with Crippen LogP contribution in [0.3, 0.4) is 0 Å². The van der Waals surface area contributed by atoms with Crippen LogP contribution in [0.15, 0.2) is 243 Å². The normalized spacial score (nSPS) is 11.3. The fraction of sp³-hybridized carbons (Fsp3) is 0. The van der Waals surface area contributed by atoms with E-state index in [0.29, 0.717) is 0 Å². The molecule has 1 aromatic heterocycles. The lowest BCUT2D eigenvalue weighted by Gasteiger charge is -2.26. The topological polar surface area (TPSA) is 8.17 Å². The van der Waals surface area contributed by atoms with Crippen molar-refractivity contribution >= 4 is 49.6 Å². The molecule has 10 aromatic carbocycles. The molecule has 0 N–H and O–H groups in total. The molecule has 0 saturated carbocycles. The van der Waals surface area contributed by atoms with Gasteiger partial charge in [0, 0.05) is 33.4 Å². The quantitative estimate of drug-likeness (QED) is 0.150. The second-order valence-corrected chi connectivity index (χ2v) is 15.3. The van der Waals surface area contributed by atoms with Crippen molar-refractivity contribution in [3.8, 4) is 50.2 Å². The highest BCUT2D eigenvalue weighted by atomic mass is 15.1. The smallest absolute Gasteiger partial charge is 0.0541 e. The average molecular weight is 765 g/mol. The van der Waals surface area contributed by atoms with Crippen molar-refractivity contribution in [3.63, 3.8) is 0 Å². The molecule has 0 aliphatic rings. The summed E-state index contributed by atoms with van der Waals surface area (Å²) in [4.78, 5) is 2.35. The summed E-state index contributed by atoms with van der Waals surface area (Å²) in [7, 11) is 0. The van der Waals surface area contributed by atoms with Gasteiger partial charge in [0.2, 0.25) is 0 Å². The van der Waals surface area contributed by atoms with Crippen molar-refractivity contribution in [3.05, 3.63) is 243 Å². The third kappa shape index (κ3) is 6.32. The predicted molar refractivity (Wildman–Crippen MR) is 255 cm³/mol. The molecule has 0 aliphatic carbocycles. The Balaban J connectivity index is 0.955.